The Labute approximate surface area is 103 Å². The van der Waals surface area contributed by atoms with Gasteiger partial charge < -0.3 is 15.8 Å². The fourth-order valence-corrected chi connectivity index (χ4v) is 1.38. The van der Waals surface area contributed by atoms with E-state index in [1.54, 1.807) is 6.07 Å². The van der Waals surface area contributed by atoms with E-state index in [1.165, 1.54) is 6.20 Å². The summed E-state index contributed by atoms with van der Waals surface area (Å²) in [6, 6.07) is 1.62. The molecule has 0 saturated heterocycles. The highest BCUT2D eigenvalue weighted by Crippen LogP contribution is 2.24. The van der Waals surface area contributed by atoms with Crippen molar-refractivity contribution in [2.75, 3.05) is 5.73 Å². The molecule has 0 unspecified atom stereocenters. The van der Waals surface area contributed by atoms with Crippen molar-refractivity contribution in [1.29, 1.82) is 0 Å². The molecule has 1 rings (SSSR count). The number of aromatic nitrogens is 1. The van der Waals surface area contributed by atoms with E-state index < -0.39 is 6.09 Å². The van der Waals surface area contributed by atoms with Crippen molar-refractivity contribution in [2.24, 2.45) is 0 Å². The van der Waals surface area contributed by atoms with E-state index in [0.29, 0.717) is 10.2 Å². The molecule has 1 heterocycles. The molecule has 5 nitrogen and oxygen atoms in total. The Morgan fingerprint density at radius 3 is 2.69 bits per heavy atom. The lowest BCUT2D eigenvalue weighted by atomic mass is 10.1. The van der Waals surface area contributed by atoms with Crippen LogP contribution in [0, 0.1) is 0 Å². The van der Waals surface area contributed by atoms with E-state index in [0.717, 1.165) is 0 Å². The lowest BCUT2D eigenvalue weighted by Crippen LogP contribution is -2.42. The minimum absolute atomic E-state index is 0.191. The fraction of sp³-hybridized carbons (Fsp3) is 0.400. The maximum absolute atomic E-state index is 11.4. The van der Waals surface area contributed by atoms with E-state index in [1.807, 2.05) is 20.8 Å². The van der Waals surface area contributed by atoms with Gasteiger partial charge in [-0.1, -0.05) is 0 Å². The van der Waals surface area contributed by atoms with Crippen LogP contribution in [0.2, 0.25) is 0 Å². The van der Waals surface area contributed by atoms with Gasteiger partial charge in [-0.05, 0) is 42.8 Å². The summed E-state index contributed by atoms with van der Waals surface area (Å²) in [5.41, 5.74) is 5.66. The summed E-state index contributed by atoms with van der Waals surface area (Å²) in [5, 5.41) is 2.66. The van der Waals surface area contributed by atoms with Crippen molar-refractivity contribution in [3.8, 4) is 5.88 Å². The number of anilines is 1. The van der Waals surface area contributed by atoms with Crippen molar-refractivity contribution in [1.82, 2.24) is 10.3 Å². The summed E-state index contributed by atoms with van der Waals surface area (Å²) in [6.45, 7) is 5.58. The maximum atomic E-state index is 11.4. The third-order valence-electron chi connectivity index (χ3n) is 1.50. The molecule has 0 bridgehead atoms. The summed E-state index contributed by atoms with van der Waals surface area (Å²) in [5.74, 6) is 0.191. The highest BCUT2D eigenvalue weighted by Gasteiger charge is 2.16. The average Bonchev–Trinajstić information content (AvgIpc) is 2.06. The summed E-state index contributed by atoms with van der Waals surface area (Å²) < 4.78 is 5.55. The van der Waals surface area contributed by atoms with Gasteiger partial charge in [0.15, 0.2) is 0 Å². The van der Waals surface area contributed by atoms with Crippen LogP contribution in [-0.2, 0) is 0 Å². The number of rotatable bonds is 1. The van der Waals surface area contributed by atoms with Crippen molar-refractivity contribution in [3.63, 3.8) is 0 Å². The van der Waals surface area contributed by atoms with Gasteiger partial charge >= 0.3 is 6.09 Å². The molecule has 0 aliphatic carbocycles. The average molecular weight is 288 g/mol. The molecule has 0 saturated carbocycles. The van der Waals surface area contributed by atoms with Gasteiger partial charge in [0.25, 0.3) is 0 Å². The van der Waals surface area contributed by atoms with Crippen LogP contribution in [0.3, 0.4) is 0 Å². The molecule has 1 amide bonds. The summed E-state index contributed by atoms with van der Waals surface area (Å²) >= 11 is 3.21. The molecule has 16 heavy (non-hydrogen) atoms. The number of carbonyl (C=O) groups excluding carboxylic acids is 1. The fourth-order valence-electron chi connectivity index (χ4n) is 0.935. The van der Waals surface area contributed by atoms with E-state index >= 15 is 0 Å². The zero-order valence-electron chi connectivity index (χ0n) is 9.37. The molecule has 3 N–H and O–H groups in total. The lowest BCUT2D eigenvalue weighted by Gasteiger charge is -2.19. The van der Waals surface area contributed by atoms with Gasteiger partial charge in [0.05, 0.1) is 16.4 Å². The number of hydrogen-bond acceptors (Lipinski definition) is 4. The third kappa shape index (κ3) is 4.06. The zero-order chi connectivity index (χ0) is 12.3. The van der Waals surface area contributed by atoms with Crippen LogP contribution in [-0.4, -0.2) is 16.6 Å². The number of nitrogens with two attached hydrogens (primary N) is 1. The number of ether oxygens (including phenoxy) is 1. The molecular weight excluding hydrogens is 274 g/mol. The Bertz CT molecular complexity index is 402. The quantitative estimate of drug-likeness (QED) is 0.831. The zero-order valence-corrected chi connectivity index (χ0v) is 11.0. The van der Waals surface area contributed by atoms with Gasteiger partial charge in [0.1, 0.15) is 0 Å². The van der Waals surface area contributed by atoms with E-state index in [-0.39, 0.29) is 11.4 Å². The number of pyridine rings is 1. The van der Waals surface area contributed by atoms with Crippen molar-refractivity contribution >= 4 is 27.7 Å². The smallest absolute Gasteiger partial charge is 0.397 e. The summed E-state index contributed by atoms with van der Waals surface area (Å²) in [6.07, 6.45) is 0.871. The normalized spacial score (nSPS) is 11.0. The molecule has 0 aromatic carbocycles. The molecule has 0 atom stereocenters. The first-order chi connectivity index (χ1) is 7.28. The highest BCUT2D eigenvalue weighted by molar-refractivity contribution is 9.10. The number of amides is 1. The number of carbonyl (C=O) groups is 1. The predicted molar refractivity (Wildman–Crippen MR) is 65.3 cm³/mol. The van der Waals surface area contributed by atoms with Crippen molar-refractivity contribution < 1.29 is 9.53 Å². The molecule has 0 spiro atoms. The number of nitrogens with one attached hydrogen (secondary N) is 1. The second-order valence-corrected chi connectivity index (χ2v) is 5.17. The third-order valence-corrected chi connectivity index (χ3v) is 2.06. The SMILES string of the molecule is CC(C)(C)NC(=O)Oc1ncc(N)cc1Br. The molecule has 1 aromatic heterocycles. The van der Waals surface area contributed by atoms with Gasteiger partial charge in [-0.15, -0.1) is 0 Å². The highest BCUT2D eigenvalue weighted by atomic mass is 79.9. The number of nitrogen functional groups attached to an aromatic ring is 1. The van der Waals surface area contributed by atoms with Crippen LogP contribution < -0.4 is 15.8 Å². The Balaban J connectivity index is 2.70. The lowest BCUT2D eigenvalue weighted by molar-refractivity contribution is 0.188. The Morgan fingerprint density at radius 1 is 1.56 bits per heavy atom. The van der Waals surface area contributed by atoms with Crippen LogP contribution in [0.4, 0.5) is 10.5 Å². The molecule has 0 fully saturated rings. The number of halogens is 1. The summed E-state index contributed by atoms with van der Waals surface area (Å²) in [4.78, 5) is 15.3. The van der Waals surface area contributed by atoms with Gasteiger partial charge in [0, 0.05) is 5.54 Å². The Kier molecular flexibility index (Phi) is 3.74. The van der Waals surface area contributed by atoms with Gasteiger partial charge in [-0.2, -0.15) is 0 Å². The monoisotopic (exact) mass is 287 g/mol. The second-order valence-electron chi connectivity index (χ2n) is 4.32. The minimum Gasteiger partial charge on any atom is -0.397 e. The predicted octanol–water partition coefficient (Wildman–Crippen LogP) is 2.31. The van der Waals surface area contributed by atoms with Gasteiger partial charge in [-0.25, -0.2) is 9.78 Å². The molecule has 88 valence electrons. The topological polar surface area (TPSA) is 77.2 Å². The van der Waals surface area contributed by atoms with E-state index in [2.05, 4.69) is 26.2 Å². The maximum Gasteiger partial charge on any atom is 0.414 e. The van der Waals surface area contributed by atoms with Crippen LogP contribution >= 0.6 is 15.9 Å². The van der Waals surface area contributed by atoms with Crippen molar-refractivity contribution in [3.05, 3.63) is 16.7 Å². The van der Waals surface area contributed by atoms with Gasteiger partial charge in [0.2, 0.25) is 5.88 Å². The standard InChI is InChI=1S/C10H14BrN3O2/c1-10(2,3)14-9(15)16-8-7(11)4-6(12)5-13-8/h4-5H,12H2,1-3H3,(H,14,15). The van der Waals surface area contributed by atoms with E-state index in [4.69, 9.17) is 10.5 Å². The van der Waals surface area contributed by atoms with Crippen LogP contribution in [0.15, 0.2) is 16.7 Å². The summed E-state index contributed by atoms with van der Waals surface area (Å²) in [7, 11) is 0. The second kappa shape index (κ2) is 4.69. The first-order valence-electron chi connectivity index (χ1n) is 4.69. The van der Waals surface area contributed by atoms with Crippen LogP contribution in [0.25, 0.3) is 0 Å². The molecule has 1 aromatic rings. The molecule has 0 aliphatic heterocycles. The first-order valence-corrected chi connectivity index (χ1v) is 5.48. The molecule has 6 heteroatoms. The Hall–Kier alpha value is -1.30. The largest absolute Gasteiger partial charge is 0.414 e. The Morgan fingerprint density at radius 2 is 2.19 bits per heavy atom. The number of nitrogens with zero attached hydrogens (tertiary/aromatic N) is 1. The molecule has 0 radical (unpaired) electrons. The van der Waals surface area contributed by atoms with Gasteiger partial charge in [-0.3, -0.25) is 0 Å². The van der Waals surface area contributed by atoms with E-state index in [9.17, 15) is 4.79 Å². The van der Waals surface area contributed by atoms with Crippen molar-refractivity contribution in [2.45, 2.75) is 26.3 Å². The molecular formula is C10H14BrN3O2. The number of hydrogen-bond donors (Lipinski definition) is 2. The first kappa shape index (κ1) is 12.8. The van der Waals surface area contributed by atoms with Crippen LogP contribution in [0.1, 0.15) is 20.8 Å². The molecule has 0 aliphatic rings. The van der Waals surface area contributed by atoms with Crippen LogP contribution in [0.5, 0.6) is 5.88 Å². The minimum atomic E-state index is -0.550.